The summed E-state index contributed by atoms with van der Waals surface area (Å²) < 4.78 is 32.6. The molecule has 0 aliphatic heterocycles. The molecule has 0 radical (unpaired) electrons. The predicted molar refractivity (Wildman–Crippen MR) is 91.5 cm³/mol. The lowest BCUT2D eigenvalue weighted by molar-refractivity contribution is 0.0600. The number of rotatable bonds is 4. The summed E-state index contributed by atoms with van der Waals surface area (Å²) in [4.78, 5) is 11.6. The van der Waals surface area contributed by atoms with Gasteiger partial charge in [0.15, 0.2) is 5.65 Å². The third-order valence-electron chi connectivity index (χ3n) is 4.57. The van der Waals surface area contributed by atoms with Gasteiger partial charge in [0.1, 0.15) is 5.82 Å². The standard InChI is InChI=1S/C18H14ClF2N3O2/c1-26-17(25)11-2-3-13(14(19)6-11)10-4-5-24-15(7-10)22-23-16(24)8-12-9-18(12,20)21/h2-7,12H,8-9H2,1H3. The van der Waals surface area contributed by atoms with Gasteiger partial charge in [-0.05, 0) is 29.8 Å². The number of benzene rings is 1. The number of hydrogen-bond acceptors (Lipinski definition) is 4. The van der Waals surface area contributed by atoms with E-state index < -0.39 is 17.8 Å². The van der Waals surface area contributed by atoms with Crippen LogP contribution in [0.5, 0.6) is 0 Å². The summed E-state index contributed by atoms with van der Waals surface area (Å²) in [5.41, 5.74) is 2.42. The van der Waals surface area contributed by atoms with Crippen LogP contribution in [0.15, 0.2) is 36.5 Å². The van der Waals surface area contributed by atoms with E-state index in [1.807, 2.05) is 6.07 Å². The van der Waals surface area contributed by atoms with E-state index in [0.29, 0.717) is 22.1 Å². The maximum atomic E-state index is 13.1. The molecule has 3 aromatic rings. The first-order valence-electron chi connectivity index (χ1n) is 7.99. The molecule has 2 aromatic heterocycles. The van der Waals surface area contributed by atoms with Gasteiger partial charge in [-0.3, -0.25) is 4.40 Å². The minimum atomic E-state index is -2.58. The second-order valence-electron chi connectivity index (χ2n) is 6.31. The molecule has 1 aliphatic rings. The Kier molecular flexibility index (Phi) is 3.91. The number of halogens is 3. The van der Waals surface area contributed by atoms with Gasteiger partial charge in [-0.2, -0.15) is 0 Å². The van der Waals surface area contributed by atoms with Gasteiger partial charge in [-0.1, -0.05) is 17.7 Å². The van der Waals surface area contributed by atoms with E-state index in [-0.39, 0.29) is 12.8 Å². The summed E-state index contributed by atoms with van der Waals surface area (Å²) >= 11 is 6.30. The normalized spacial score (nSPS) is 18.1. The Hall–Kier alpha value is -2.54. The van der Waals surface area contributed by atoms with Crippen LogP contribution in [-0.4, -0.2) is 33.6 Å². The molecule has 4 rings (SSSR count). The van der Waals surface area contributed by atoms with Gasteiger partial charge in [0, 0.05) is 35.5 Å². The van der Waals surface area contributed by atoms with E-state index in [1.165, 1.54) is 13.2 Å². The number of fused-ring (bicyclic) bond motifs is 1. The van der Waals surface area contributed by atoms with Crippen molar-refractivity contribution in [1.29, 1.82) is 0 Å². The van der Waals surface area contributed by atoms with Gasteiger partial charge in [0.25, 0.3) is 5.92 Å². The zero-order valence-corrected chi connectivity index (χ0v) is 14.5. The number of methoxy groups -OCH3 is 1. The maximum absolute atomic E-state index is 13.1. The molecule has 0 bridgehead atoms. The zero-order valence-electron chi connectivity index (χ0n) is 13.7. The van der Waals surface area contributed by atoms with Gasteiger partial charge < -0.3 is 4.74 Å². The van der Waals surface area contributed by atoms with Crippen LogP contribution in [0, 0.1) is 5.92 Å². The zero-order chi connectivity index (χ0) is 18.5. The van der Waals surface area contributed by atoms with Crippen molar-refractivity contribution >= 4 is 23.2 Å². The van der Waals surface area contributed by atoms with Crippen molar-refractivity contribution in [3.05, 3.63) is 52.9 Å². The lowest BCUT2D eigenvalue weighted by Crippen LogP contribution is -2.02. The smallest absolute Gasteiger partial charge is 0.337 e. The van der Waals surface area contributed by atoms with Crippen molar-refractivity contribution in [2.45, 2.75) is 18.8 Å². The molecule has 1 fully saturated rings. The van der Waals surface area contributed by atoms with Gasteiger partial charge >= 0.3 is 5.97 Å². The number of nitrogens with zero attached hydrogens (tertiary/aromatic N) is 3. The third kappa shape index (κ3) is 2.92. The highest BCUT2D eigenvalue weighted by Gasteiger charge is 2.56. The topological polar surface area (TPSA) is 56.5 Å². The molecule has 2 heterocycles. The first kappa shape index (κ1) is 16.9. The summed E-state index contributed by atoms with van der Waals surface area (Å²) in [5.74, 6) is -3.19. The molecule has 0 spiro atoms. The summed E-state index contributed by atoms with van der Waals surface area (Å²) in [7, 11) is 1.30. The van der Waals surface area contributed by atoms with Crippen molar-refractivity contribution in [3.8, 4) is 11.1 Å². The average Bonchev–Trinajstić information content (AvgIpc) is 3.03. The van der Waals surface area contributed by atoms with Gasteiger partial charge in [0.05, 0.1) is 12.7 Å². The van der Waals surface area contributed by atoms with Crippen LogP contribution in [-0.2, 0) is 11.2 Å². The summed E-state index contributed by atoms with van der Waals surface area (Å²) in [6, 6.07) is 8.48. The molecule has 0 N–H and O–H groups in total. The van der Waals surface area contributed by atoms with E-state index in [2.05, 4.69) is 14.9 Å². The molecular weight excluding hydrogens is 364 g/mol. The Balaban J connectivity index is 1.65. The number of aromatic nitrogens is 3. The summed E-state index contributed by atoms with van der Waals surface area (Å²) in [6.07, 6.45) is 1.84. The molecule has 26 heavy (non-hydrogen) atoms. The minimum Gasteiger partial charge on any atom is -0.465 e. The SMILES string of the molecule is COC(=O)c1ccc(-c2ccn3c(CC4CC4(F)F)nnc3c2)c(Cl)c1. The molecule has 1 unspecified atom stereocenters. The van der Waals surface area contributed by atoms with E-state index in [1.54, 1.807) is 28.8 Å². The van der Waals surface area contributed by atoms with Crippen LogP contribution >= 0.6 is 11.6 Å². The van der Waals surface area contributed by atoms with Crippen molar-refractivity contribution in [3.63, 3.8) is 0 Å². The van der Waals surface area contributed by atoms with Gasteiger partial charge in [-0.25, -0.2) is 13.6 Å². The first-order chi connectivity index (χ1) is 12.4. The van der Waals surface area contributed by atoms with Crippen molar-refractivity contribution in [2.24, 2.45) is 5.92 Å². The lowest BCUT2D eigenvalue weighted by atomic mass is 10.0. The molecule has 134 valence electrons. The lowest BCUT2D eigenvalue weighted by Gasteiger charge is -2.07. The quantitative estimate of drug-likeness (QED) is 0.644. The van der Waals surface area contributed by atoms with Crippen LogP contribution < -0.4 is 0 Å². The maximum Gasteiger partial charge on any atom is 0.337 e. The van der Waals surface area contributed by atoms with Gasteiger partial charge in [0.2, 0.25) is 0 Å². The molecule has 1 saturated carbocycles. The molecule has 0 saturated heterocycles. The monoisotopic (exact) mass is 377 g/mol. The Labute approximate surface area is 152 Å². The third-order valence-corrected chi connectivity index (χ3v) is 4.88. The van der Waals surface area contributed by atoms with Crippen molar-refractivity contribution < 1.29 is 18.3 Å². The van der Waals surface area contributed by atoms with E-state index >= 15 is 0 Å². The number of pyridine rings is 1. The molecule has 0 amide bonds. The Morgan fingerprint density at radius 1 is 1.35 bits per heavy atom. The van der Waals surface area contributed by atoms with Crippen molar-refractivity contribution in [2.75, 3.05) is 7.11 Å². The van der Waals surface area contributed by atoms with Crippen LogP contribution in [0.4, 0.5) is 8.78 Å². The number of carbonyl (C=O) groups is 1. The predicted octanol–water partition coefficient (Wildman–Crippen LogP) is 4.03. The Morgan fingerprint density at radius 3 is 2.77 bits per heavy atom. The fourth-order valence-electron chi connectivity index (χ4n) is 2.95. The summed E-state index contributed by atoms with van der Waals surface area (Å²) in [6.45, 7) is 0. The highest BCUT2D eigenvalue weighted by Crippen LogP contribution is 2.50. The first-order valence-corrected chi connectivity index (χ1v) is 8.36. The number of hydrogen-bond donors (Lipinski definition) is 0. The fraction of sp³-hybridized carbons (Fsp3) is 0.278. The minimum absolute atomic E-state index is 0.0951. The Morgan fingerprint density at radius 2 is 2.12 bits per heavy atom. The van der Waals surface area contributed by atoms with Crippen LogP contribution in [0.3, 0.4) is 0 Å². The fourth-order valence-corrected chi connectivity index (χ4v) is 3.24. The van der Waals surface area contributed by atoms with Crippen LogP contribution in [0.2, 0.25) is 5.02 Å². The van der Waals surface area contributed by atoms with E-state index in [4.69, 9.17) is 11.6 Å². The number of esters is 1. The van der Waals surface area contributed by atoms with Crippen molar-refractivity contribution in [1.82, 2.24) is 14.6 Å². The van der Waals surface area contributed by atoms with Gasteiger partial charge in [-0.15, -0.1) is 10.2 Å². The van der Waals surface area contributed by atoms with Crippen LogP contribution in [0.1, 0.15) is 22.6 Å². The molecule has 1 aliphatic carbocycles. The highest BCUT2D eigenvalue weighted by molar-refractivity contribution is 6.33. The number of alkyl halides is 2. The number of ether oxygens (including phenoxy) is 1. The van der Waals surface area contributed by atoms with Crippen LogP contribution in [0.25, 0.3) is 16.8 Å². The average molecular weight is 378 g/mol. The molecule has 5 nitrogen and oxygen atoms in total. The molecule has 1 atom stereocenters. The van der Waals surface area contributed by atoms with E-state index in [0.717, 1.165) is 11.1 Å². The molecule has 1 aromatic carbocycles. The number of carbonyl (C=O) groups excluding carboxylic acids is 1. The summed E-state index contributed by atoms with van der Waals surface area (Å²) in [5, 5.41) is 8.50. The molecule has 8 heteroatoms. The largest absolute Gasteiger partial charge is 0.465 e. The Bertz CT molecular complexity index is 1020. The van der Waals surface area contributed by atoms with E-state index in [9.17, 15) is 13.6 Å². The highest BCUT2D eigenvalue weighted by atomic mass is 35.5. The molecular formula is C18H14ClF2N3O2. The second kappa shape index (κ2) is 6.02. The second-order valence-corrected chi connectivity index (χ2v) is 6.72.